The molecule has 7 heteroatoms. The van der Waals surface area contributed by atoms with Crippen molar-refractivity contribution in [3.63, 3.8) is 0 Å². The number of aryl methyl sites for hydroxylation is 1. The third kappa shape index (κ3) is 4.69. The lowest BCUT2D eigenvalue weighted by Crippen LogP contribution is -2.46. The second kappa shape index (κ2) is 9.21. The lowest BCUT2D eigenvalue weighted by Gasteiger charge is -2.32. The highest BCUT2D eigenvalue weighted by Crippen LogP contribution is 2.28. The highest BCUT2D eigenvalue weighted by atomic mass is 35.5. The van der Waals surface area contributed by atoms with E-state index >= 15 is 0 Å². The van der Waals surface area contributed by atoms with Crippen LogP contribution in [0.15, 0.2) is 54.9 Å². The average molecular weight is 443 g/mol. The Morgan fingerprint density at radius 2 is 2.03 bits per heavy atom. The van der Waals surface area contributed by atoms with E-state index in [2.05, 4.69) is 33.9 Å². The van der Waals surface area contributed by atoms with Crippen LogP contribution in [0.1, 0.15) is 41.2 Å². The summed E-state index contributed by atoms with van der Waals surface area (Å²) in [5.41, 5.74) is 3.67. The van der Waals surface area contributed by atoms with Crippen molar-refractivity contribution in [3.05, 3.63) is 76.0 Å². The molecule has 30 heavy (non-hydrogen) atoms. The molecule has 0 radical (unpaired) electrons. The number of piperidine rings is 1. The Balaban J connectivity index is 1.64. The van der Waals surface area contributed by atoms with E-state index in [1.165, 1.54) is 0 Å². The molecule has 0 aliphatic carbocycles. The van der Waals surface area contributed by atoms with E-state index in [1.807, 2.05) is 25.5 Å². The summed E-state index contributed by atoms with van der Waals surface area (Å²) in [5, 5.41) is 11.9. The minimum atomic E-state index is -0.169. The van der Waals surface area contributed by atoms with Crippen LogP contribution >= 0.6 is 23.2 Å². The van der Waals surface area contributed by atoms with Crippen molar-refractivity contribution in [2.45, 2.75) is 31.3 Å². The Hall–Kier alpha value is -2.34. The molecule has 3 aromatic rings. The van der Waals surface area contributed by atoms with Gasteiger partial charge >= 0.3 is 0 Å². The number of hydrogen-bond donors (Lipinski definition) is 2. The van der Waals surface area contributed by atoms with Gasteiger partial charge in [-0.15, -0.1) is 0 Å². The maximum Gasteiger partial charge on any atom is 0.251 e. The third-order valence-electron chi connectivity index (χ3n) is 5.50. The number of nitrogens with one attached hydrogen (secondary N) is 2. The largest absolute Gasteiger partial charge is 0.344 e. The molecule has 1 fully saturated rings. The molecule has 1 aliphatic heterocycles. The number of rotatable bonds is 5. The van der Waals surface area contributed by atoms with Crippen molar-refractivity contribution in [1.29, 1.82) is 0 Å². The normalized spacial score (nSPS) is 17.5. The number of benzene rings is 2. The van der Waals surface area contributed by atoms with Gasteiger partial charge in [-0.05, 0) is 54.8 Å². The van der Waals surface area contributed by atoms with Gasteiger partial charge in [-0.1, -0.05) is 47.8 Å². The van der Waals surface area contributed by atoms with Crippen LogP contribution in [0.25, 0.3) is 11.1 Å². The fourth-order valence-corrected chi connectivity index (χ4v) is 4.22. The quantitative estimate of drug-likeness (QED) is 0.583. The Morgan fingerprint density at radius 1 is 1.17 bits per heavy atom. The molecule has 1 aromatic heterocycles. The van der Waals surface area contributed by atoms with Gasteiger partial charge in [0.15, 0.2) is 0 Å². The summed E-state index contributed by atoms with van der Waals surface area (Å²) >= 11 is 12.1. The van der Waals surface area contributed by atoms with E-state index in [4.69, 9.17) is 23.2 Å². The van der Waals surface area contributed by atoms with E-state index < -0.39 is 0 Å². The van der Waals surface area contributed by atoms with Crippen LogP contribution in [0.5, 0.6) is 0 Å². The van der Waals surface area contributed by atoms with Crippen LogP contribution in [0.4, 0.5) is 0 Å². The zero-order valence-electron chi connectivity index (χ0n) is 16.7. The SMILES string of the molecule is Cn1cc(-c2cccc([C@H](NC(=O)c3ccc(Cl)c(Cl)c3)[C@@H]3CCCCN3)c2)cn1. The van der Waals surface area contributed by atoms with Gasteiger partial charge in [-0.3, -0.25) is 9.48 Å². The van der Waals surface area contributed by atoms with Crippen molar-refractivity contribution >= 4 is 29.1 Å². The Kier molecular flexibility index (Phi) is 6.42. The molecule has 2 atom stereocenters. The number of carbonyl (C=O) groups is 1. The molecule has 1 saturated heterocycles. The van der Waals surface area contributed by atoms with Crippen molar-refractivity contribution in [1.82, 2.24) is 20.4 Å². The number of carbonyl (C=O) groups excluding carboxylic acids is 1. The van der Waals surface area contributed by atoms with Crippen LogP contribution < -0.4 is 10.6 Å². The van der Waals surface area contributed by atoms with E-state index in [-0.39, 0.29) is 18.0 Å². The van der Waals surface area contributed by atoms with Crippen LogP contribution in [0.3, 0.4) is 0 Å². The first kappa shape index (κ1) is 20.9. The molecule has 0 unspecified atom stereocenters. The maximum atomic E-state index is 13.0. The topological polar surface area (TPSA) is 59.0 Å². The first-order valence-corrected chi connectivity index (χ1v) is 10.8. The van der Waals surface area contributed by atoms with E-state index in [0.29, 0.717) is 15.6 Å². The summed E-state index contributed by atoms with van der Waals surface area (Å²) in [6, 6.07) is 13.2. The monoisotopic (exact) mass is 442 g/mol. The molecule has 5 nitrogen and oxygen atoms in total. The second-order valence-corrected chi connectivity index (χ2v) is 8.48. The molecule has 1 amide bonds. The zero-order valence-corrected chi connectivity index (χ0v) is 18.2. The average Bonchev–Trinajstić information content (AvgIpc) is 3.21. The fourth-order valence-electron chi connectivity index (χ4n) is 3.92. The van der Waals surface area contributed by atoms with Crippen LogP contribution in [0.2, 0.25) is 10.0 Å². The van der Waals surface area contributed by atoms with Crippen molar-refractivity contribution in [2.24, 2.45) is 7.05 Å². The van der Waals surface area contributed by atoms with Gasteiger partial charge < -0.3 is 10.6 Å². The molecule has 156 valence electrons. The number of hydrogen-bond acceptors (Lipinski definition) is 3. The number of halogens is 2. The summed E-state index contributed by atoms with van der Waals surface area (Å²) in [7, 11) is 1.90. The van der Waals surface area contributed by atoms with Crippen LogP contribution in [0, 0.1) is 0 Å². The van der Waals surface area contributed by atoms with Gasteiger partial charge in [-0.2, -0.15) is 5.10 Å². The van der Waals surface area contributed by atoms with Gasteiger partial charge in [0.1, 0.15) is 0 Å². The third-order valence-corrected chi connectivity index (χ3v) is 6.24. The predicted molar refractivity (Wildman–Crippen MR) is 121 cm³/mol. The summed E-state index contributed by atoms with van der Waals surface area (Å²) in [5.74, 6) is -0.169. The first-order chi connectivity index (χ1) is 14.5. The molecule has 2 heterocycles. The Bertz CT molecular complexity index is 1040. The van der Waals surface area contributed by atoms with E-state index in [9.17, 15) is 4.79 Å². The van der Waals surface area contributed by atoms with Gasteiger partial charge in [-0.25, -0.2) is 0 Å². The molecule has 1 aliphatic rings. The molecular weight excluding hydrogens is 419 g/mol. The second-order valence-electron chi connectivity index (χ2n) is 7.66. The smallest absolute Gasteiger partial charge is 0.251 e. The van der Waals surface area contributed by atoms with Crippen LogP contribution in [-0.4, -0.2) is 28.3 Å². The highest BCUT2D eigenvalue weighted by molar-refractivity contribution is 6.42. The molecule has 0 spiro atoms. The standard InChI is InChI=1S/C23H24Cl2N4O/c1-29-14-18(13-27-29)15-5-4-6-16(11-15)22(21-7-2-3-10-26-21)28-23(30)17-8-9-19(24)20(25)12-17/h4-6,8-9,11-14,21-22,26H,2-3,7,10H2,1H3,(H,28,30)/t21-,22-/m0/s1. The number of nitrogens with zero attached hydrogens (tertiary/aromatic N) is 2. The predicted octanol–water partition coefficient (Wildman–Crippen LogP) is 5.01. The Morgan fingerprint density at radius 3 is 2.73 bits per heavy atom. The van der Waals surface area contributed by atoms with Gasteiger partial charge in [0, 0.05) is 30.4 Å². The summed E-state index contributed by atoms with van der Waals surface area (Å²) in [6.45, 7) is 0.951. The molecule has 2 N–H and O–H groups in total. The number of aromatic nitrogens is 2. The van der Waals surface area contributed by atoms with E-state index in [0.717, 1.165) is 42.5 Å². The maximum absolute atomic E-state index is 13.0. The van der Waals surface area contributed by atoms with Crippen LogP contribution in [-0.2, 0) is 7.05 Å². The molecule has 2 aromatic carbocycles. The van der Waals surface area contributed by atoms with E-state index in [1.54, 1.807) is 22.9 Å². The van der Waals surface area contributed by atoms with Gasteiger partial charge in [0.25, 0.3) is 5.91 Å². The summed E-state index contributed by atoms with van der Waals surface area (Å²) < 4.78 is 1.79. The molecule has 0 bridgehead atoms. The summed E-state index contributed by atoms with van der Waals surface area (Å²) in [6.07, 6.45) is 7.13. The Labute approximate surface area is 186 Å². The first-order valence-electron chi connectivity index (χ1n) is 10.1. The van der Waals surface area contributed by atoms with Gasteiger partial charge in [0.05, 0.1) is 22.3 Å². The molecule has 0 saturated carbocycles. The zero-order chi connectivity index (χ0) is 21.1. The van der Waals surface area contributed by atoms with Crippen molar-refractivity contribution < 1.29 is 4.79 Å². The van der Waals surface area contributed by atoms with Crippen molar-refractivity contribution in [3.8, 4) is 11.1 Å². The minimum absolute atomic E-state index is 0.162. The lowest BCUT2D eigenvalue weighted by molar-refractivity contribution is 0.0923. The number of amides is 1. The molecule has 4 rings (SSSR count). The van der Waals surface area contributed by atoms with Gasteiger partial charge in [0.2, 0.25) is 0 Å². The minimum Gasteiger partial charge on any atom is -0.344 e. The van der Waals surface area contributed by atoms with Crippen molar-refractivity contribution in [2.75, 3.05) is 6.54 Å². The fraction of sp³-hybridized carbons (Fsp3) is 0.304. The highest BCUT2D eigenvalue weighted by Gasteiger charge is 2.27. The summed E-state index contributed by atoms with van der Waals surface area (Å²) in [4.78, 5) is 13.0. The molecular formula is C23H24Cl2N4O. The lowest BCUT2D eigenvalue weighted by atomic mass is 9.91.